The summed E-state index contributed by atoms with van der Waals surface area (Å²) in [5.41, 5.74) is 6.57. The van der Waals surface area contributed by atoms with Crippen molar-refractivity contribution in [3.63, 3.8) is 0 Å². The Hall–Kier alpha value is -3.13. The van der Waals surface area contributed by atoms with Crippen LogP contribution in [0.15, 0.2) is 91.1 Å². The smallest absolute Gasteiger partial charge is 0.214 e. The summed E-state index contributed by atoms with van der Waals surface area (Å²) in [6.07, 6.45) is 7.60. The molecule has 150 valence electrons. The number of para-hydroxylation sites is 1. The van der Waals surface area contributed by atoms with Gasteiger partial charge in [-0.2, -0.15) is 4.57 Å². The third-order valence-electron chi connectivity index (χ3n) is 6.26. The lowest BCUT2D eigenvalue weighted by molar-refractivity contribution is -0.662. The molecule has 4 aromatic rings. The van der Waals surface area contributed by atoms with Crippen LogP contribution in [0.4, 0.5) is 5.69 Å². The van der Waals surface area contributed by atoms with Gasteiger partial charge in [-0.05, 0) is 30.0 Å². The number of nitrogens with zero attached hydrogens (tertiary/aromatic N) is 2. The number of benzene rings is 3. The van der Waals surface area contributed by atoms with Crippen LogP contribution in [0.1, 0.15) is 31.2 Å². The highest BCUT2D eigenvalue weighted by molar-refractivity contribution is 5.89. The molecule has 1 aliphatic heterocycles. The lowest BCUT2D eigenvalue weighted by atomic mass is 10.0. The first-order valence-electron chi connectivity index (χ1n) is 11.2. The van der Waals surface area contributed by atoms with E-state index in [1.165, 1.54) is 72.1 Å². The lowest BCUT2D eigenvalue weighted by Crippen LogP contribution is -2.36. The average molecular weight is 394 g/mol. The molecule has 5 rings (SSSR count). The van der Waals surface area contributed by atoms with Crippen molar-refractivity contribution in [2.45, 2.75) is 32.2 Å². The topological polar surface area (TPSA) is 7.12 Å². The zero-order valence-corrected chi connectivity index (χ0v) is 17.5. The van der Waals surface area contributed by atoms with Gasteiger partial charge in [0.15, 0.2) is 12.7 Å². The minimum atomic E-state index is 0.885. The fraction of sp³-hybridized carbons (Fsp3) is 0.250. The zero-order chi connectivity index (χ0) is 20.2. The normalized spacial score (nSPS) is 14.6. The third-order valence-corrected chi connectivity index (χ3v) is 6.26. The predicted molar refractivity (Wildman–Crippen MR) is 126 cm³/mol. The molecule has 0 radical (unpaired) electrons. The summed E-state index contributed by atoms with van der Waals surface area (Å²) in [6.45, 7) is 3.24. The molecule has 1 aromatic heterocycles. The third kappa shape index (κ3) is 3.95. The first kappa shape index (κ1) is 18.9. The van der Waals surface area contributed by atoms with Crippen molar-refractivity contribution in [3.8, 4) is 11.1 Å². The van der Waals surface area contributed by atoms with Gasteiger partial charge in [0.25, 0.3) is 0 Å². The van der Waals surface area contributed by atoms with Gasteiger partial charge >= 0.3 is 0 Å². The number of hydrogen-bond donors (Lipinski definition) is 0. The standard InChI is InChI=1S/C28H29N2/c1-2-9-20-29(19-8-1)28-18-21-30(27-13-7-6-12-26(27)28)22-23-14-16-25(17-15-23)24-10-4-3-5-11-24/h3-7,10-18,21H,1-2,8-9,19-20,22H2/q+1. The van der Waals surface area contributed by atoms with Gasteiger partial charge in [-0.15, -0.1) is 0 Å². The van der Waals surface area contributed by atoms with Crippen molar-refractivity contribution < 1.29 is 4.57 Å². The molecular formula is C28H29N2+. The quantitative estimate of drug-likeness (QED) is 0.373. The summed E-state index contributed by atoms with van der Waals surface area (Å²) in [5, 5.41) is 1.36. The van der Waals surface area contributed by atoms with Crippen LogP contribution in [-0.4, -0.2) is 13.1 Å². The molecule has 1 fully saturated rings. The molecule has 2 heteroatoms. The van der Waals surface area contributed by atoms with E-state index in [0.717, 1.165) is 6.54 Å². The average Bonchev–Trinajstić information content (AvgIpc) is 3.10. The van der Waals surface area contributed by atoms with Crippen LogP contribution in [0, 0.1) is 0 Å². The predicted octanol–water partition coefficient (Wildman–Crippen LogP) is 6.22. The molecule has 1 aliphatic rings. The minimum Gasteiger partial charge on any atom is -0.371 e. The summed E-state index contributed by atoms with van der Waals surface area (Å²) in [6, 6.07) is 30.8. The molecule has 0 bridgehead atoms. The fourth-order valence-electron chi connectivity index (χ4n) is 4.63. The second kappa shape index (κ2) is 8.71. The minimum absolute atomic E-state index is 0.885. The van der Waals surface area contributed by atoms with E-state index in [-0.39, 0.29) is 0 Å². The Morgan fingerprint density at radius 2 is 1.30 bits per heavy atom. The number of hydrogen-bond acceptors (Lipinski definition) is 1. The largest absolute Gasteiger partial charge is 0.371 e. The van der Waals surface area contributed by atoms with Gasteiger partial charge in [-0.25, -0.2) is 0 Å². The number of fused-ring (bicyclic) bond motifs is 1. The Kier molecular flexibility index (Phi) is 5.48. The van der Waals surface area contributed by atoms with Gasteiger partial charge < -0.3 is 4.90 Å². The Morgan fingerprint density at radius 1 is 0.633 bits per heavy atom. The highest BCUT2D eigenvalue weighted by Gasteiger charge is 2.18. The fourth-order valence-corrected chi connectivity index (χ4v) is 4.63. The molecule has 0 saturated carbocycles. The van der Waals surface area contributed by atoms with Crippen LogP contribution in [0.25, 0.3) is 22.0 Å². The Balaban J connectivity index is 1.44. The van der Waals surface area contributed by atoms with E-state index in [2.05, 4.69) is 101 Å². The molecule has 2 heterocycles. The van der Waals surface area contributed by atoms with Gasteiger partial charge in [0.05, 0.1) is 11.1 Å². The molecule has 0 amide bonds. The van der Waals surface area contributed by atoms with Crippen LogP contribution in [0.5, 0.6) is 0 Å². The van der Waals surface area contributed by atoms with Crippen LogP contribution in [0.3, 0.4) is 0 Å². The number of anilines is 1. The maximum Gasteiger partial charge on any atom is 0.214 e. The molecule has 0 aliphatic carbocycles. The first-order valence-corrected chi connectivity index (χ1v) is 11.2. The monoisotopic (exact) mass is 393 g/mol. The van der Waals surface area contributed by atoms with Gasteiger partial charge in [-0.3, -0.25) is 0 Å². The summed E-state index contributed by atoms with van der Waals surface area (Å²) in [4.78, 5) is 2.59. The summed E-state index contributed by atoms with van der Waals surface area (Å²) in [7, 11) is 0. The molecule has 0 N–H and O–H groups in total. The van der Waals surface area contributed by atoms with Crippen molar-refractivity contribution in [1.29, 1.82) is 0 Å². The Labute approximate surface area is 179 Å². The van der Waals surface area contributed by atoms with Crippen LogP contribution in [-0.2, 0) is 6.54 Å². The van der Waals surface area contributed by atoms with E-state index in [9.17, 15) is 0 Å². The molecule has 0 atom stereocenters. The molecular weight excluding hydrogens is 364 g/mol. The second-order valence-electron chi connectivity index (χ2n) is 8.31. The van der Waals surface area contributed by atoms with Gasteiger partial charge in [0.1, 0.15) is 0 Å². The maximum absolute atomic E-state index is 2.59. The highest BCUT2D eigenvalue weighted by Crippen LogP contribution is 2.27. The Bertz CT molecular complexity index is 1110. The number of aromatic nitrogens is 1. The van der Waals surface area contributed by atoms with Crippen LogP contribution >= 0.6 is 0 Å². The van der Waals surface area contributed by atoms with E-state index in [0.29, 0.717) is 0 Å². The molecule has 0 spiro atoms. The van der Waals surface area contributed by atoms with Crippen molar-refractivity contribution in [2.24, 2.45) is 0 Å². The van der Waals surface area contributed by atoms with E-state index in [4.69, 9.17) is 0 Å². The molecule has 3 aromatic carbocycles. The molecule has 0 unspecified atom stereocenters. The summed E-state index contributed by atoms with van der Waals surface area (Å²) >= 11 is 0. The Morgan fingerprint density at radius 3 is 2.07 bits per heavy atom. The van der Waals surface area contributed by atoms with Crippen molar-refractivity contribution >= 4 is 16.6 Å². The number of rotatable bonds is 4. The van der Waals surface area contributed by atoms with Crippen molar-refractivity contribution in [3.05, 3.63) is 96.7 Å². The number of pyridine rings is 1. The van der Waals surface area contributed by atoms with E-state index < -0.39 is 0 Å². The lowest BCUT2D eigenvalue weighted by Gasteiger charge is -2.23. The molecule has 2 nitrogen and oxygen atoms in total. The molecule has 1 saturated heterocycles. The van der Waals surface area contributed by atoms with Crippen LogP contribution < -0.4 is 9.47 Å². The SMILES string of the molecule is c1ccc(-c2ccc(C[n+]3ccc(N4CCCCCC4)c4ccccc43)cc2)cc1. The maximum atomic E-state index is 2.59. The van der Waals surface area contributed by atoms with Crippen molar-refractivity contribution in [1.82, 2.24) is 0 Å². The van der Waals surface area contributed by atoms with Gasteiger partial charge in [0.2, 0.25) is 5.52 Å². The van der Waals surface area contributed by atoms with E-state index in [1.807, 2.05) is 0 Å². The van der Waals surface area contributed by atoms with E-state index >= 15 is 0 Å². The highest BCUT2D eigenvalue weighted by atomic mass is 15.1. The van der Waals surface area contributed by atoms with Crippen LogP contribution in [0.2, 0.25) is 0 Å². The van der Waals surface area contributed by atoms with Gasteiger partial charge in [-0.1, -0.05) is 79.6 Å². The molecule has 30 heavy (non-hydrogen) atoms. The second-order valence-corrected chi connectivity index (χ2v) is 8.31. The van der Waals surface area contributed by atoms with E-state index in [1.54, 1.807) is 0 Å². The van der Waals surface area contributed by atoms with Crippen molar-refractivity contribution in [2.75, 3.05) is 18.0 Å². The first-order chi connectivity index (χ1) is 14.9. The zero-order valence-electron chi connectivity index (χ0n) is 17.5. The summed E-state index contributed by atoms with van der Waals surface area (Å²) in [5.74, 6) is 0. The summed E-state index contributed by atoms with van der Waals surface area (Å²) < 4.78 is 2.38. The van der Waals surface area contributed by atoms with Gasteiger partial charge in [0, 0.05) is 30.8 Å².